The van der Waals surface area contributed by atoms with E-state index in [1.807, 2.05) is 29.8 Å². The van der Waals surface area contributed by atoms with Crippen LogP contribution in [0.4, 0.5) is 22.2 Å². The highest BCUT2D eigenvalue weighted by atomic mass is 79.9. The summed E-state index contributed by atoms with van der Waals surface area (Å²) in [6.07, 6.45) is 9.45. The molecule has 0 radical (unpaired) electrons. The van der Waals surface area contributed by atoms with Crippen molar-refractivity contribution >= 4 is 50.5 Å². The van der Waals surface area contributed by atoms with Crippen LogP contribution in [0.2, 0.25) is 0 Å². The van der Waals surface area contributed by atoms with E-state index < -0.39 is 0 Å². The maximum absolute atomic E-state index is 13.2. The van der Waals surface area contributed by atoms with Crippen molar-refractivity contribution in [2.45, 2.75) is 58.4 Å². The number of hydrogen-bond acceptors (Lipinski definition) is 8. The zero-order valence-electron chi connectivity index (χ0n) is 22.0. The Morgan fingerprint density at radius 3 is 2.58 bits per heavy atom. The fourth-order valence-electron chi connectivity index (χ4n) is 5.17. The summed E-state index contributed by atoms with van der Waals surface area (Å²) >= 11 is 3.49. The van der Waals surface area contributed by atoms with Crippen LogP contribution in [0.3, 0.4) is 0 Å². The van der Waals surface area contributed by atoms with E-state index in [9.17, 15) is 9.59 Å². The molecule has 1 saturated carbocycles. The smallest absolute Gasteiger partial charge is 0.409 e. The monoisotopic (exact) mass is 583 g/mol. The maximum atomic E-state index is 13.2. The van der Waals surface area contributed by atoms with E-state index in [1.165, 1.54) is 0 Å². The summed E-state index contributed by atoms with van der Waals surface area (Å²) in [5.74, 6) is 1.02. The molecular weight excluding hydrogens is 550 g/mol. The third kappa shape index (κ3) is 5.48. The molecule has 3 aromatic rings. The van der Waals surface area contributed by atoms with Gasteiger partial charge in [-0.25, -0.2) is 14.8 Å². The lowest BCUT2D eigenvalue weighted by atomic mass is 10.1. The van der Waals surface area contributed by atoms with Crippen LogP contribution in [0.15, 0.2) is 33.8 Å². The zero-order valence-corrected chi connectivity index (χ0v) is 23.5. The molecule has 1 saturated heterocycles. The number of hydrogen-bond donors (Lipinski definition) is 1. The summed E-state index contributed by atoms with van der Waals surface area (Å²) in [6, 6.07) is 4.05. The average Bonchev–Trinajstić information content (AvgIpc) is 3.47. The summed E-state index contributed by atoms with van der Waals surface area (Å²) in [7, 11) is 0. The van der Waals surface area contributed by atoms with Crippen LogP contribution >= 0.6 is 15.9 Å². The van der Waals surface area contributed by atoms with Gasteiger partial charge in [-0.3, -0.25) is 9.36 Å². The van der Waals surface area contributed by atoms with Gasteiger partial charge in [-0.2, -0.15) is 4.98 Å². The lowest BCUT2D eigenvalue weighted by Gasteiger charge is -2.35. The lowest BCUT2D eigenvalue weighted by molar-refractivity contribution is 0.0989. The molecule has 3 aromatic heterocycles. The largest absolute Gasteiger partial charge is 0.449 e. The first-order valence-corrected chi connectivity index (χ1v) is 14.2. The van der Waals surface area contributed by atoms with Gasteiger partial charge in [0.2, 0.25) is 5.95 Å². The van der Waals surface area contributed by atoms with E-state index in [2.05, 4.69) is 43.0 Å². The summed E-state index contributed by atoms with van der Waals surface area (Å²) in [6.45, 7) is 7.15. The number of ether oxygens (including phenoxy) is 1. The Bertz CT molecular complexity index is 1350. The minimum Gasteiger partial charge on any atom is -0.449 e. The lowest BCUT2D eigenvalue weighted by Crippen LogP contribution is -2.49. The highest BCUT2D eigenvalue weighted by Crippen LogP contribution is 2.32. The third-order valence-electron chi connectivity index (χ3n) is 7.44. The molecule has 0 spiro atoms. The van der Waals surface area contributed by atoms with Gasteiger partial charge in [-0.1, -0.05) is 26.2 Å². The number of carbonyl (C=O) groups excluding carboxylic acids is 1. The van der Waals surface area contributed by atoms with Gasteiger partial charge < -0.3 is 19.9 Å². The van der Waals surface area contributed by atoms with Crippen molar-refractivity contribution in [3.8, 4) is 0 Å². The summed E-state index contributed by atoms with van der Waals surface area (Å²) < 4.78 is 7.74. The number of rotatable bonds is 7. The van der Waals surface area contributed by atoms with Crippen LogP contribution in [0.5, 0.6) is 0 Å². The average molecular weight is 585 g/mol. The Morgan fingerprint density at radius 1 is 1.13 bits per heavy atom. The number of nitrogens with one attached hydrogen (secondary N) is 1. The maximum Gasteiger partial charge on any atom is 0.409 e. The molecule has 0 atom stereocenters. The highest BCUT2D eigenvalue weighted by molar-refractivity contribution is 9.10. The minimum atomic E-state index is -0.230. The van der Waals surface area contributed by atoms with Gasteiger partial charge in [0.05, 0.1) is 23.0 Å². The van der Waals surface area contributed by atoms with Gasteiger partial charge in [0.1, 0.15) is 11.5 Å². The summed E-state index contributed by atoms with van der Waals surface area (Å²) in [5, 5.41) is 4.06. The molecule has 1 amide bonds. The predicted octanol–water partition coefficient (Wildman–Crippen LogP) is 5.17. The molecule has 1 N–H and O–H groups in total. The molecule has 2 fully saturated rings. The van der Waals surface area contributed by atoms with Crippen molar-refractivity contribution in [1.82, 2.24) is 24.4 Å². The zero-order chi connectivity index (χ0) is 26.6. The van der Waals surface area contributed by atoms with E-state index >= 15 is 0 Å². The number of aromatic nitrogens is 4. The van der Waals surface area contributed by atoms with Crippen LogP contribution in [0.25, 0.3) is 11.0 Å². The summed E-state index contributed by atoms with van der Waals surface area (Å²) in [4.78, 5) is 43.2. The van der Waals surface area contributed by atoms with Crippen LogP contribution in [0, 0.1) is 6.92 Å². The normalized spacial score (nSPS) is 16.3. The Hall–Kier alpha value is -3.21. The second kappa shape index (κ2) is 11.7. The fraction of sp³-hybridized carbons (Fsp3) is 0.519. The number of piperazine rings is 1. The van der Waals surface area contributed by atoms with Gasteiger partial charge in [0.25, 0.3) is 5.56 Å². The van der Waals surface area contributed by atoms with Crippen LogP contribution in [0.1, 0.15) is 57.1 Å². The van der Waals surface area contributed by atoms with Crippen molar-refractivity contribution in [1.29, 1.82) is 0 Å². The number of halogens is 1. The van der Waals surface area contributed by atoms with E-state index in [0.29, 0.717) is 41.6 Å². The number of nitrogens with zero attached hydrogens (tertiary/aromatic N) is 6. The topological polar surface area (TPSA) is 105 Å². The van der Waals surface area contributed by atoms with E-state index in [0.717, 1.165) is 68.3 Å². The third-order valence-corrected chi connectivity index (χ3v) is 8.37. The first-order valence-electron chi connectivity index (χ1n) is 13.4. The minimum absolute atomic E-state index is 0.0386. The first-order chi connectivity index (χ1) is 18.5. The molecule has 0 unspecified atom stereocenters. The van der Waals surface area contributed by atoms with Crippen molar-refractivity contribution in [3.63, 3.8) is 0 Å². The fourth-order valence-corrected chi connectivity index (χ4v) is 5.57. The molecule has 1 aliphatic carbocycles. The number of unbranched alkanes of at least 4 members (excludes halogenated alkanes) is 1. The number of fused-ring (bicyclic) bond motifs is 1. The number of pyridine rings is 2. The molecule has 0 bridgehead atoms. The second-order valence-corrected chi connectivity index (χ2v) is 10.7. The predicted molar refractivity (Wildman–Crippen MR) is 151 cm³/mol. The van der Waals surface area contributed by atoms with E-state index in [1.54, 1.807) is 11.1 Å². The van der Waals surface area contributed by atoms with Crippen molar-refractivity contribution in [2.75, 3.05) is 43.0 Å². The Balaban J connectivity index is 1.28. The second-order valence-electron chi connectivity index (χ2n) is 9.95. The Morgan fingerprint density at radius 2 is 1.89 bits per heavy atom. The van der Waals surface area contributed by atoms with Crippen molar-refractivity contribution < 1.29 is 9.53 Å². The number of aryl methyl sites for hydroxylation is 1. The molecule has 202 valence electrons. The first kappa shape index (κ1) is 26.4. The van der Waals surface area contributed by atoms with E-state index in [4.69, 9.17) is 9.72 Å². The number of amides is 1. The van der Waals surface area contributed by atoms with Crippen molar-refractivity contribution in [3.05, 3.63) is 44.9 Å². The molecule has 0 aromatic carbocycles. The van der Waals surface area contributed by atoms with Gasteiger partial charge in [-0.15, -0.1) is 0 Å². The molecule has 5 rings (SSSR count). The van der Waals surface area contributed by atoms with Gasteiger partial charge >= 0.3 is 6.09 Å². The van der Waals surface area contributed by atoms with Crippen molar-refractivity contribution in [2.24, 2.45) is 0 Å². The summed E-state index contributed by atoms with van der Waals surface area (Å²) in [5.41, 5.74) is 2.46. The van der Waals surface area contributed by atoms with Crippen LogP contribution in [-0.4, -0.2) is 63.3 Å². The molecule has 2 aliphatic rings. The van der Waals surface area contributed by atoms with Crippen LogP contribution < -0.4 is 15.8 Å². The van der Waals surface area contributed by atoms with Gasteiger partial charge in [0.15, 0.2) is 0 Å². The molecule has 38 heavy (non-hydrogen) atoms. The standard InChI is InChI=1S/C27H34BrN7O3/c1-3-4-15-38-27(37)34-13-11-33(12-14-34)20-9-10-22(29-16-20)31-26-30-17-21-18(2)23(28)25(36)35(24(21)32-26)19-7-5-6-8-19/h9-10,16-17,19H,3-8,11-15H2,1-2H3,(H,29,30,31,32). The molecule has 10 nitrogen and oxygen atoms in total. The van der Waals surface area contributed by atoms with E-state index in [-0.39, 0.29) is 17.7 Å². The molecular formula is C27H34BrN7O3. The Labute approximate surface area is 230 Å². The Kier molecular flexibility index (Phi) is 8.11. The molecule has 1 aliphatic heterocycles. The quantitative estimate of drug-likeness (QED) is 0.379. The van der Waals surface area contributed by atoms with Crippen LogP contribution in [-0.2, 0) is 4.74 Å². The SMILES string of the molecule is CCCCOC(=O)N1CCN(c2ccc(Nc3ncc4c(C)c(Br)c(=O)n(C5CCCC5)c4n3)nc2)CC1. The highest BCUT2D eigenvalue weighted by Gasteiger charge is 2.24. The van der Waals surface area contributed by atoms with Gasteiger partial charge in [-0.05, 0) is 59.8 Å². The number of anilines is 3. The molecule has 4 heterocycles. The molecule has 11 heteroatoms. The van der Waals surface area contributed by atoms with Gasteiger partial charge in [0, 0.05) is 43.8 Å². The number of carbonyl (C=O) groups is 1.